The van der Waals surface area contributed by atoms with Gasteiger partial charge in [0.05, 0.1) is 0 Å². The zero-order valence-electron chi connectivity index (χ0n) is 9.33. The number of nitrogens with zero attached hydrogens (tertiary/aromatic N) is 2. The van der Waals surface area contributed by atoms with Crippen molar-refractivity contribution in [1.82, 2.24) is 4.90 Å². The molecule has 1 aliphatic rings. The molecular weight excluding hydrogens is 283 g/mol. The summed E-state index contributed by atoms with van der Waals surface area (Å²) in [4.78, 5) is 17.9. The van der Waals surface area contributed by atoms with E-state index >= 15 is 0 Å². The Morgan fingerprint density at radius 1 is 1.24 bits per heavy atom. The van der Waals surface area contributed by atoms with Gasteiger partial charge in [-0.1, -0.05) is 0 Å². The van der Waals surface area contributed by atoms with Crippen molar-refractivity contribution < 1.29 is 9.53 Å². The number of ether oxygens (including phenoxy) is 1. The minimum atomic E-state index is -0.217. The second-order valence-corrected chi connectivity index (χ2v) is 4.43. The van der Waals surface area contributed by atoms with E-state index in [-0.39, 0.29) is 5.91 Å². The van der Waals surface area contributed by atoms with Crippen molar-refractivity contribution >= 4 is 26.7 Å². The van der Waals surface area contributed by atoms with Gasteiger partial charge in [-0.25, -0.2) is 0 Å². The van der Waals surface area contributed by atoms with Crippen molar-refractivity contribution in [3.63, 3.8) is 0 Å². The number of hydrogen-bond acceptors (Lipinski definition) is 2. The molecule has 2 rings (SSSR count). The predicted molar refractivity (Wildman–Crippen MR) is 66.4 cm³/mol. The second-order valence-electron chi connectivity index (χ2n) is 3.66. The van der Waals surface area contributed by atoms with Crippen LogP contribution in [0.4, 0.5) is 0 Å². The Labute approximate surface area is 108 Å². The molecule has 1 heterocycles. The molecule has 17 heavy (non-hydrogen) atoms. The fourth-order valence-electron chi connectivity index (χ4n) is 1.56. The number of carbonyl (C=O) groups excluding carboxylic acids is 1. The summed E-state index contributed by atoms with van der Waals surface area (Å²) >= 11 is 2.85. The number of benzene rings is 1. The van der Waals surface area contributed by atoms with E-state index in [4.69, 9.17) is 4.74 Å². The first-order valence-corrected chi connectivity index (χ1v) is 6.31. The molecule has 0 saturated carbocycles. The predicted octanol–water partition coefficient (Wildman–Crippen LogP) is 0.683. The number of rotatable bonds is 1. The van der Waals surface area contributed by atoms with Crippen molar-refractivity contribution in [2.45, 2.75) is 0 Å². The van der Waals surface area contributed by atoms with Gasteiger partial charge in [0.2, 0.25) is 0 Å². The topological polar surface area (TPSA) is 41.9 Å². The van der Waals surface area contributed by atoms with Crippen LogP contribution < -0.4 is 0 Å². The molecule has 0 unspecified atom stereocenters. The second kappa shape index (κ2) is 5.96. The summed E-state index contributed by atoms with van der Waals surface area (Å²) < 4.78 is 5.88. The zero-order chi connectivity index (χ0) is 12.1. The van der Waals surface area contributed by atoms with Gasteiger partial charge >= 0.3 is 108 Å². The number of hydrogen-bond donors (Lipinski definition) is 0. The van der Waals surface area contributed by atoms with Crippen LogP contribution in [0.2, 0.25) is 0 Å². The van der Waals surface area contributed by atoms with Crippen molar-refractivity contribution in [2.24, 2.45) is 4.99 Å². The molecule has 1 amide bonds. The van der Waals surface area contributed by atoms with E-state index in [1.54, 1.807) is 12.1 Å². The first kappa shape index (κ1) is 12.3. The van der Waals surface area contributed by atoms with Gasteiger partial charge in [0.25, 0.3) is 0 Å². The van der Waals surface area contributed by atoms with Crippen LogP contribution in [0.25, 0.3) is 0 Å². The summed E-state index contributed by atoms with van der Waals surface area (Å²) in [5.41, 5.74) is 0.605. The molecule has 5 heteroatoms. The molecule has 0 aromatic heterocycles. The van der Waals surface area contributed by atoms with Gasteiger partial charge in [0.1, 0.15) is 0 Å². The standard InChI is InChI=1S/C12H13N2O2Se/c15-11(10-4-2-1-3-5-10)13-12(17)14-6-8-16-9-7-14/h1-5H,6-9H2. The quantitative estimate of drug-likeness (QED) is 0.435. The van der Waals surface area contributed by atoms with Crippen LogP contribution in [-0.4, -0.2) is 57.9 Å². The summed E-state index contributed by atoms with van der Waals surface area (Å²) in [6.07, 6.45) is 0. The Bertz CT molecular complexity index is 414. The van der Waals surface area contributed by atoms with Gasteiger partial charge < -0.3 is 0 Å². The summed E-state index contributed by atoms with van der Waals surface area (Å²) in [7, 11) is 0. The van der Waals surface area contributed by atoms with Crippen LogP contribution in [-0.2, 0) is 4.74 Å². The third-order valence-corrected chi connectivity index (χ3v) is 3.23. The third kappa shape index (κ3) is 3.40. The van der Waals surface area contributed by atoms with Crippen molar-refractivity contribution in [3.05, 3.63) is 35.9 Å². The Morgan fingerprint density at radius 2 is 1.88 bits per heavy atom. The SMILES string of the molecule is O=C(N=C([Se])N1CCOCC1)c1ccccc1. The molecule has 1 aliphatic heterocycles. The first-order chi connectivity index (χ1) is 8.27. The number of aliphatic imine (C=N–C) groups is 1. The van der Waals surface area contributed by atoms with E-state index in [1.807, 2.05) is 23.1 Å². The summed E-state index contributed by atoms with van der Waals surface area (Å²) in [5.74, 6) is -0.217. The van der Waals surface area contributed by atoms with Crippen LogP contribution in [0.1, 0.15) is 10.4 Å². The molecule has 0 bridgehead atoms. The molecule has 89 valence electrons. The van der Waals surface area contributed by atoms with Gasteiger partial charge in [-0.2, -0.15) is 0 Å². The van der Waals surface area contributed by atoms with Gasteiger partial charge in [-0.05, 0) is 0 Å². The molecule has 0 atom stereocenters. The maximum atomic E-state index is 11.8. The average Bonchev–Trinajstić information content (AvgIpc) is 2.40. The first-order valence-electron chi connectivity index (χ1n) is 5.45. The molecule has 1 fully saturated rings. The van der Waals surface area contributed by atoms with Crippen molar-refractivity contribution in [3.8, 4) is 0 Å². The van der Waals surface area contributed by atoms with Gasteiger partial charge in [-0.3, -0.25) is 0 Å². The summed E-state index contributed by atoms with van der Waals surface area (Å²) in [6, 6.07) is 9.06. The van der Waals surface area contributed by atoms with Crippen LogP contribution >= 0.6 is 0 Å². The Morgan fingerprint density at radius 3 is 2.53 bits per heavy atom. The molecule has 1 aromatic rings. The van der Waals surface area contributed by atoms with Crippen LogP contribution in [0.3, 0.4) is 0 Å². The van der Waals surface area contributed by atoms with Gasteiger partial charge in [0, 0.05) is 0 Å². The number of amidine groups is 1. The van der Waals surface area contributed by atoms with E-state index in [0.717, 1.165) is 13.1 Å². The van der Waals surface area contributed by atoms with Crippen molar-refractivity contribution in [2.75, 3.05) is 26.3 Å². The Hall–Kier alpha value is -1.16. The minimum absolute atomic E-state index is 0.217. The molecule has 1 radical (unpaired) electrons. The molecular formula is C12H13N2O2Se. The fourth-order valence-corrected chi connectivity index (χ4v) is 2.11. The number of morpholine rings is 1. The molecule has 4 nitrogen and oxygen atoms in total. The monoisotopic (exact) mass is 297 g/mol. The maximum absolute atomic E-state index is 11.8. The zero-order valence-corrected chi connectivity index (χ0v) is 11.0. The third-order valence-electron chi connectivity index (χ3n) is 2.50. The molecule has 1 saturated heterocycles. The molecule has 0 N–H and O–H groups in total. The van der Waals surface area contributed by atoms with Crippen LogP contribution in [0.15, 0.2) is 35.3 Å². The summed E-state index contributed by atoms with van der Waals surface area (Å²) in [6.45, 7) is 2.91. The fraction of sp³-hybridized carbons (Fsp3) is 0.333. The van der Waals surface area contributed by atoms with Gasteiger partial charge in [-0.15, -0.1) is 0 Å². The van der Waals surface area contributed by atoms with E-state index in [1.165, 1.54) is 0 Å². The van der Waals surface area contributed by atoms with E-state index in [0.29, 0.717) is 23.5 Å². The molecule has 1 aromatic carbocycles. The van der Waals surface area contributed by atoms with Crippen LogP contribution in [0, 0.1) is 0 Å². The van der Waals surface area contributed by atoms with Crippen LogP contribution in [0.5, 0.6) is 0 Å². The normalized spacial score (nSPS) is 16.9. The van der Waals surface area contributed by atoms with E-state index in [9.17, 15) is 4.79 Å². The van der Waals surface area contributed by atoms with E-state index in [2.05, 4.69) is 21.0 Å². The van der Waals surface area contributed by atoms with E-state index < -0.39 is 0 Å². The molecule has 0 spiro atoms. The van der Waals surface area contributed by atoms with Crippen molar-refractivity contribution in [1.29, 1.82) is 0 Å². The molecule has 0 aliphatic carbocycles. The number of amides is 1. The summed E-state index contributed by atoms with van der Waals surface area (Å²) in [5, 5.41) is 0. The number of carbonyl (C=O) groups is 1. The Kier molecular flexibility index (Phi) is 4.31. The average molecular weight is 296 g/mol. The van der Waals surface area contributed by atoms with Gasteiger partial charge in [0.15, 0.2) is 0 Å². The Balaban J connectivity index is 2.05.